The van der Waals surface area contributed by atoms with Gasteiger partial charge in [-0.15, -0.1) is 0 Å². The number of rotatable bonds is 6. The first-order valence-corrected chi connectivity index (χ1v) is 7.59. The molecule has 0 aliphatic carbocycles. The van der Waals surface area contributed by atoms with Crippen LogP contribution < -0.4 is 15.4 Å². The number of amides is 1. The third-order valence-electron chi connectivity index (χ3n) is 3.40. The normalized spacial score (nSPS) is 11.7. The molecular formula is C17H22N4O2. The molecule has 1 heterocycles. The second-order valence-electron chi connectivity index (χ2n) is 5.33. The van der Waals surface area contributed by atoms with Gasteiger partial charge in [0.1, 0.15) is 23.1 Å². The number of benzene rings is 1. The number of aryl methyl sites for hydroxylation is 1. The number of hydrogen-bond acceptors (Lipinski definition) is 5. The first kappa shape index (κ1) is 16.7. The van der Waals surface area contributed by atoms with Crippen molar-refractivity contribution in [2.24, 2.45) is 0 Å². The average Bonchev–Trinajstić information content (AvgIpc) is 2.54. The quantitative estimate of drug-likeness (QED) is 0.856. The van der Waals surface area contributed by atoms with Crippen LogP contribution in [0.4, 0.5) is 11.5 Å². The molecule has 0 saturated heterocycles. The van der Waals surface area contributed by atoms with Crippen molar-refractivity contribution in [3.05, 3.63) is 41.9 Å². The first-order chi connectivity index (χ1) is 11.0. The average molecular weight is 314 g/mol. The molecule has 1 atom stereocenters. The zero-order valence-electron chi connectivity index (χ0n) is 13.9. The van der Waals surface area contributed by atoms with Gasteiger partial charge in [-0.05, 0) is 32.4 Å². The van der Waals surface area contributed by atoms with E-state index in [1.807, 2.05) is 12.1 Å². The molecule has 1 aromatic heterocycles. The number of nitrogens with zero attached hydrogens (tertiary/aromatic N) is 2. The van der Waals surface area contributed by atoms with Crippen molar-refractivity contribution in [2.45, 2.75) is 33.2 Å². The van der Waals surface area contributed by atoms with E-state index in [2.05, 4.69) is 34.4 Å². The molecular weight excluding hydrogens is 292 g/mol. The van der Waals surface area contributed by atoms with Crippen LogP contribution in [-0.4, -0.2) is 29.0 Å². The van der Waals surface area contributed by atoms with E-state index in [-0.39, 0.29) is 11.9 Å². The van der Waals surface area contributed by atoms with Crippen LogP contribution in [0, 0.1) is 6.92 Å². The van der Waals surface area contributed by atoms with Crippen LogP contribution in [0.5, 0.6) is 5.75 Å². The highest BCUT2D eigenvalue weighted by atomic mass is 16.5. The number of ether oxygens (including phenoxy) is 1. The van der Waals surface area contributed by atoms with Crippen molar-refractivity contribution in [3.8, 4) is 5.75 Å². The van der Waals surface area contributed by atoms with Crippen LogP contribution in [-0.2, 0) is 0 Å². The van der Waals surface area contributed by atoms with Crippen LogP contribution in [0.3, 0.4) is 0 Å². The highest BCUT2D eigenvalue weighted by molar-refractivity contribution is 6.03. The number of aromatic nitrogens is 2. The van der Waals surface area contributed by atoms with Crippen molar-refractivity contribution in [1.29, 1.82) is 0 Å². The topological polar surface area (TPSA) is 76.1 Å². The summed E-state index contributed by atoms with van der Waals surface area (Å²) in [5.74, 6) is 1.61. The van der Waals surface area contributed by atoms with Gasteiger partial charge in [-0.3, -0.25) is 4.79 Å². The lowest BCUT2D eigenvalue weighted by atomic mass is 10.2. The lowest BCUT2D eigenvalue weighted by Gasteiger charge is -2.13. The van der Waals surface area contributed by atoms with Gasteiger partial charge in [0.25, 0.3) is 5.91 Å². The van der Waals surface area contributed by atoms with E-state index in [4.69, 9.17) is 4.74 Å². The van der Waals surface area contributed by atoms with E-state index in [0.29, 0.717) is 28.8 Å². The Morgan fingerprint density at radius 1 is 1.30 bits per heavy atom. The summed E-state index contributed by atoms with van der Waals surface area (Å²) in [6.45, 7) is 5.92. The van der Waals surface area contributed by atoms with Gasteiger partial charge in [-0.25, -0.2) is 9.97 Å². The SMILES string of the molecule is CCC(C)Nc1cc(C(=O)Nc2cccc(OC)c2)nc(C)n1. The van der Waals surface area contributed by atoms with Crippen molar-refractivity contribution in [2.75, 3.05) is 17.7 Å². The van der Waals surface area contributed by atoms with Gasteiger partial charge in [0, 0.05) is 23.9 Å². The van der Waals surface area contributed by atoms with E-state index in [1.54, 1.807) is 32.2 Å². The maximum Gasteiger partial charge on any atom is 0.274 e. The van der Waals surface area contributed by atoms with E-state index in [0.717, 1.165) is 6.42 Å². The molecule has 1 aromatic carbocycles. The molecule has 23 heavy (non-hydrogen) atoms. The second-order valence-corrected chi connectivity index (χ2v) is 5.33. The maximum absolute atomic E-state index is 12.4. The molecule has 2 rings (SSSR count). The molecule has 0 aliphatic rings. The Morgan fingerprint density at radius 2 is 2.09 bits per heavy atom. The Balaban J connectivity index is 2.18. The second kappa shape index (κ2) is 7.58. The Kier molecular flexibility index (Phi) is 5.51. The molecule has 1 amide bonds. The minimum atomic E-state index is -0.282. The fourth-order valence-electron chi connectivity index (χ4n) is 2.01. The standard InChI is InChI=1S/C17H22N4O2/c1-5-11(2)18-16-10-15(19-12(3)20-16)17(22)21-13-7-6-8-14(9-13)23-4/h6-11H,5H2,1-4H3,(H,21,22)(H,18,19,20). The molecule has 0 radical (unpaired) electrons. The third-order valence-corrected chi connectivity index (χ3v) is 3.40. The summed E-state index contributed by atoms with van der Waals surface area (Å²) in [7, 11) is 1.58. The van der Waals surface area contributed by atoms with Gasteiger partial charge in [0.15, 0.2) is 0 Å². The number of nitrogens with one attached hydrogen (secondary N) is 2. The zero-order valence-corrected chi connectivity index (χ0v) is 13.9. The lowest BCUT2D eigenvalue weighted by molar-refractivity contribution is 0.102. The summed E-state index contributed by atoms with van der Waals surface area (Å²) in [6, 6.07) is 9.12. The van der Waals surface area contributed by atoms with Gasteiger partial charge in [-0.1, -0.05) is 13.0 Å². The number of methoxy groups -OCH3 is 1. The maximum atomic E-state index is 12.4. The fourth-order valence-corrected chi connectivity index (χ4v) is 2.01. The highest BCUT2D eigenvalue weighted by Gasteiger charge is 2.12. The van der Waals surface area contributed by atoms with Gasteiger partial charge < -0.3 is 15.4 Å². The third kappa shape index (κ3) is 4.67. The number of anilines is 2. The molecule has 6 heteroatoms. The van der Waals surface area contributed by atoms with Gasteiger partial charge in [0.05, 0.1) is 7.11 Å². The zero-order chi connectivity index (χ0) is 16.8. The van der Waals surface area contributed by atoms with Gasteiger partial charge in [0.2, 0.25) is 0 Å². The summed E-state index contributed by atoms with van der Waals surface area (Å²) in [4.78, 5) is 20.9. The van der Waals surface area contributed by atoms with Gasteiger partial charge in [-0.2, -0.15) is 0 Å². The Hall–Kier alpha value is -2.63. The van der Waals surface area contributed by atoms with E-state index >= 15 is 0 Å². The molecule has 2 aromatic rings. The molecule has 2 N–H and O–H groups in total. The Labute approximate surface area is 136 Å². The van der Waals surface area contributed by atoms with Crippen LogP contribution in [0.15, 0.2) is 30.3 Å². The molecule has 0 saturated carbocycles. The van der Waals surface area contributed by atoms with Crippen LogP contribution in [0.1, 0.15) is 36.6 Å². The predicted molar refractivity (Wildman–Crippen MR) is 91.1 cm³/mol. The summed E-state index contributed by atoms with van der Waals surface area (Å²) in [5, 5.41) is 6.08. The monoisotopic (exact) mass is 314 g/mol. The Bertz CT molecular complexity index is 688. The molecule has 6 nitrogen and oxygen atoms in total. The van der Waals surface area contributed by atoms with Crippen molar-refractivity contribution < 1.29 is 9.53 Å². The van der Waals surface area contributed by atoms with Crippen molar-refractivity contribution in [1.82, 2.24) is 9.97 Å². The first-order valence-electron chi connectivity index (χ1n) is 7.59. The lowest BCUT2D eigenvalue weighted by Crippen LogP contribution is -2.18. The summed E-state index contributed by atoms with van der Waals surface area (Å²) < 4.78 is 5.15. The van der Waals surface area contributed by atoms with Crippen LogP contribution in [0.25, 0.3) is 0 Å². The van der Waals surface area contributed by atoms with E-state index < -0.39 is 0 Å². The van der Waals surface area contributed by atoms with Crippen molar-refractivity contribution >= 4 is 17.4 Å². The minimum absolute atomic E-state index is 0.276. The highest BCUT2D eigenvalue weighted by Crippen LogP contribution is 2.18. The molecule has 122 valence electrons. The molecule has 0 bridgehead atoms. The van der Waals surface area contributed by atoms with Crippen molar-refractivity contribution in [3.63, 3.8) is 0 Å². The summed E-state index contributed by atoms with van der Waals surface area (Å²) in [5.41, 5.74) is 0.980. The van der Waals surface area contributed by atoms with Gasteiger partial charge >= 0.3 is 0 Å². The van der Waals surface area contributed by atoms with E-state index in [9.17, 15) is 4.79 Å². The molecule has 0 spiro atoms. The predicted octanol–water partition coefficient (Wildman–Crippen LogP) is 3.26. The molecule has 0 aliphatic heterocycles. The molecule has 0 fully saturated rings. The van der Waals surface area contributed by atoms with Crippen LogP contribution >= 0.6 is 0 Å². The summed E-state index contributed by atoms with van der Waals surface area (Å²) in [6.07, 6.45) is 0.967. The minimum Gasteiger partial charge on any atom is -0.497 e. The number of carbonyl (C=O) groups is 1. The smallest absolute Gasteiger partial charge is 0.274 e. The molecule has 1 unspecified atom stereocenters. The number of hydrogen-bond donors (Lipinski definition) is 2. The van der Waals surface area contributed by atoms with E-state index in [1.165, 1.54) is 0 Å². The summed E-state index contributed by atoms with van der Waals surface area (Å²) >= 11 is 0. The Morgan fingerprint density at radius 3 is 2.78 bits per heavy atom. The largest absolute Gasteiger partial charge is 0.497 e. The van der Waals surface area contributed by atoms with Crippen LogP contribution in [0.2, 0.25) is 0 Å². The number of carbonyl (C=O) groups excluding carboxylic acids is 1. The fraction of sp³-hybridized carbons (Fsp3) is 0.353.